The molecule has 0 fully saturated rings. The highest BCUT2D eigenvalue weighted by atomic mass is 19.1. The summed E-state index contributed by atoms with van der Waals surface area (Å²) in [5, 5.41) is 10.2. The molecule has 0 aliphatic rings. The van der Waals surface area contributed by atoms with Crippen LogP contribution in [0.1, 0.15) is 35.9 Å². The molecule has 8 heteroatoms. The van der Waals surface area contributed by atoms with E-state index in [9.17, 15) is 18.7 Å². The van der Waals surface area contributed by atoms with Crippen molar-refractivity contribution in [3.05, 3.63) is 88.7 Å². The molecule has 0 aliphatic heterocycles. The van der Waals surface area contributed by atoms with Crippen LogP contribution in [0.25, 0.3) is 0 Å². The maximum absolute atomic E-state index is 13.7. The van der Waals surface area contributed by atoms with E-state index in [0.717, 1.165) is 0 Å². The molecule has 0 aliphatic carbocycles. The zero-order valence-corrected chi connectivity index (χ0v) is 18.0. The topological polar surface area (TPSA) is 81.5 Å². The Bertz CT molecular complexity index is 1010. The predicted molar refractivity (Wildman–Crippen MR) is 113 cm³/mol. The van der Waals surface area contributed by atoms with Crippen molar-refractivity contribution in [3.63, 3.8) is 0 Å². The Balaban J connectivity index is 2.25. The number of aliphatic carboxylic acids is 1. The number of hydrogen-bond acceptors (Lipinski definition) is 5. The van der Waals surface area contributed by atoms with Crippen molar-refractivity contribution in [2.75, 3.05) is 6.61 Å². The number of aromatic nitrogens is 2. The Kier molecular flexibility index (Phi) is 7.15. The Hall–Kier alpha value is -3.39. The summed E-state index contributed by atoms with van der Waals surface area (Å²) in [6.45, 7) is 5.50. The number of benzene rings is 2. The standard InChI is InChI=1S/C24H24F2N2O4/c1-4-13-31-24(17-5-9-19(25)10-6-17,18-7-11-20(26)12-8-18)21(22(29)30)32-23-27-15(2)14-16(3)28-23/h5-12,14,21H,4,13H2,1-3H3,(H,29,30). The summed E-state index contributed by atoms with van der Waals surface area (Å²) in [4.78, 5) is 20.9. The van der Waals surface area contributed by atoms with Gasteiger partial charge in [0.05, 0.1) is 0 Å². The molecule has 32 heavy (non-hydrogen) atoms. The van der Waals surface area contributed by atoms with Crippen molar-refractivity contribution >= 4 is 5.97 Å². The molecule has 1 aromatic heterocycles. The van der Waals surface area contributed by atoms with Crippen LogP contribution in [-0.2, 0) is 15.1 Å². The molecule has 3 rings (SSSR count). The number of carbonyl (C=O) groups is 1. The van der Waals surface area contributed by atoms with Crippen molar-refractivity contribution in [3.8, 4) is 6.01 Å². The first-order valence-electron chi connectivity index (χ1n) is 10.1. The number of nitrogens with zero attached hydrogens (tertiary/aromatic N) is 2. The van der Waals surface area contributed by atoms with Crippen molar-refractivity contribution in [2.45, 2.75) is 38.9 Å². The molecule has 0 amide bonds. The first kappa shape index (κ1) is 23.3. The first-order chi connectivity index (χ1) is 15.3. The molecule has 1 unspecified atom stereocenters. The van der Waals surface area contributed by atoms with Gasteiger partial charge < -0.3 is 14.6 Å². The molecule has 0 bridgehead atoms. The molecule has 1 atom stereocenters. The minimum absolute atomic E-state index is 0.136. The highest BCUT2D eigenvalue weighted by Gasteiger charge is 2.50. The highest BCUT2D eigenvalue weighted by Crippen LogP contribution is 2.39. The molecular weight excluding hydrogens is 418 g/mol. The number of ether oxygens (including phenoxy) is 2. The minimum Gasteiger partial charge on any atom is -0.478 e. The maximum atomic E-state index is 13.7. The first-order valence-corrected chi connectivity index (χ1v) is 10.1. The Morgan fingerprint density at radius 3 is 1.84 bits per heavy atom. The highest BCUT2D eigenvalue weighted by molar-refractivity contribution is 5.76. The summed E-state index contributed by atoms with van der Waals surface area (Å²) < 4.78 is 39.5. The third-order valence-electron chi connectivity index (χ3n) is 4.86. The molecule has 2 aromatic carbocycles. The van der Waals surface area contributed by atoms with E-state index in [0.29, 0.717) is 28.9 Å². The van der Waals surface area contributed by atoms with Crippen LogP contribution >= 0.6 is 0 Å². The number of carboxylic acids is 1. The summed E-state index contributed by atoms with van der Waals surface area (Å²) in [7, 11) is 0. The van der Waals surface area contributed by atoms with Crippen LogP contribution in [0.2, 0.25) is 0 Å². The minimum atomic E-state index is -1.73. The van der Waals surface area contributed by atoms with E-state index in [-0.39, 0.29) is 12.6 Å². The summed E-state index contributed by atoms with van der Waals surface area (Å²) >= 11 is 0. The fraction of sp³-hybridized carbons (Fsp3) is 0.292. The second-order valence-corrected chi connectivity index (χ2v) is 7.37. The van der Waals surface area contributed by atoms with Gasteiger partial charge in [-0.25, -0.2) is 23.5 Å². The molecule has 0 saturated carbocycles. The van der Waals surface area contributed by atoms with Crippen molar-refractivity contribution in [2.24, 2.45) is 0 Å². The number of aryl methyl sites for hydroxylation is 2. The lowest BCUT2D eigenvalue weighted by atomic mass is 9.81. The second-order valence-electron chi connectivity index (χ2n) is 7.37. The largest absolute Gasteiger partial charge is 0.478 e. The quantitative estimate of drug-likeness (QED) is 0.523. The van der Waals surface area contributed by atoms with Crippen LogP contribution in [0.15, 0.2) is 54.6 Å². The number of halogens is 2. The monoisotopic (exact) mass is 442 g/mol. The Morgan fingerprint density at radius 1 is 0.969 bits per heavy atom. The summed E-state index contributed by atoms with van der Waals surface area (Å²) in [5.41, 5.74) is 0.122. The van der Waals surface area contributed by atoms with Crippen molar-refractivity contribution in [1.29, 1.82) is 0 Å². The van der Waals surface area contributed by atoms with Gasteiger partial charge in [0, 0.05) is 18.0 Å². The van der Waals surface area contributed by atoms with Gasteiger partial charge in [-0.3, -0.25) is 0 Å². The van der Waals surface area contributed by atoms with Crippen LogP contribution in [0.5, 0.6) is 6.01 Å². The molecule has 1 heterocycles. The number of carboxylic acid groups (broad SMARTS) is 1. The van der Waals surface area contributed by atoms with Gasteiger partial charge in [-0.15, -0.1) is 0 Å². The van der Waals surface area contributed by atoms with Crippen LogP contribution in [0.3, 0.4) is 0 Å². The predicted octanol–water partition coefficient (Wildman–Crippen LogP) is 4.57. The van der Waals surface area contributed by atoms with Crippen molar-refractivity contribution < 1.29 is 28.2 Å². The third kappa shape index (κ3) is 4.91. The van der Waals surface area contributed by atoms with E-state index in [1.54, 1.807) is 19.9 Å². The third-order valence-corrected chi connectivity index (χ3v) is 4.86. The number of rotatable bonds is 9. The van der Waals surface area contributed by atoms with Gasteiger partial charge in [0.1, 0.15) is 11.6 Å². The van der Waals surface area contributed by atoms with Crippen LogP contribution < -0.4 is 4.74 Å². The summed E-state index contributed by atoms with van der Waals surface area (Å²) in [5.74, 6) is -2.34. The zero-order valence-electron chi connectivity index (χ0n) is 18.0. The fourth-order valence-corrected chi connectivity index (χ4v) is 3.53. The van der Waals surface area contributed by atoms with E-state index in [1.807, 2.05) is 6.92 Å². The average molecular weight is 442 g/mol. The summed E-state index contributed by atoms with van der Waals surface area (Å²) in [6, 6.07) is 12.1. The van der Waals surface area contributed by atoms with E-state index in [1.165, 1.54) is 48.5 Å². The number of hydrogen-bond donors (Lipinski definition) is 1. The zero-order chi connectivity index (χ0) is 23.3. The summed E-state index contributed by atoms with van der Waals surface area (Å²) in [6.07, 6.45) is -1.09. The Labute approximate surface area is 184 Å². The van der Waals surface area contributed by atoms with Gasteiger partial charge in [0.2, 0.25) is 6.10 Å². The maximum Gasteiger partial charge on any atom is 0.348 e. The Morgan fingerprint density at radius 2 is 1.44 bits per heavy atom. The molecule has 0 radical (unpaired) electrons. The van der Waals surface area contributed by atoms with Gasteiger partial charge in [-0.05, 0) is 61.7 Å². The van der Waals surface area contributed by atoms with Crippen LogP contribution in [-0.4, -0.2) is 33.8 Å². The average Bonchev–Trinajstić information content (AvgIpc) is 2.74. The van der Waals surface area contributed by atoms with E-state index >= 15 is 0 Å². The van der Waals surface area contributed by atoms with Gasteiger partial charge in [-0.1, -0.05) is 31.2 Å². The van der Waals surface area contributed by atoms with Gasteiger partial charge >= 0.3 is 12.0 Å². The van der Waals surface area contributed by atoms with Crippen LogP contribution in [0.4, 0.5) is 8.78 Å². The van der Waals surface area contributed by atoms with Gasteiger partial charge in [0.25, 0.3) is 0 Å². The lowest BCUT2D eigenvalue weighted by molar-refractivity contribution is -0.164. The smallest absolute Gasteiger partial charge is 0.348 e. The normalized spacial score (nSPS) is 12.4. The molecule has 1 N–H and O–H groups in total. The molecular formula is C24H24F2N2O4. The lowest BCUT2D eigenvalue weighted by Crippen LogP contribution is -2.51. The van der Waals surface area contributed by atoms with E-state index < -0.39 is 29.3 Å². The lowest BCUT2D eigenvalue weighted by Gasteiger charge is -2.39. The SMILES string of the molecule is CCCOC(c1ccc(F)cc1)(c1ccc(F)cc1)C(Oc1nc(C)cc(C)n1)C(=O)O. The molecule has 168 valence electrons. The molecule has 3 aromatic rings. The van der Waals surface area contributed by atoms with E-state index in [2.05, 4.69) is 9.97 Å². The van der Waals surface area contributed by atoms with Gasteiger partial charge in [0.15, 0.2) is 5.60 Å². The van der Waals surface area contributed by atoms with Crippen molar-refractivity contribution in [1.82, 2.24) is 9.97 Å². The molecule has 0 saturated heterocycles. The molecule has 0 spiro atoms. The van der Waals surface area contributed by atoms with E-state index in [4.69, 9.17) is 9.47 Å². The van der Waals surface area contributed by atoms with Crippen LogP contribution in [0, 0.1) is 25.5 Å². The molecule has 6 nitrogen and oxygen atoms in total. The second kappa shape index (κ2) is 9.82. The van der Waals surface area contributed by atoms with Gasteiger partial charge in [-0.2, -0.15) is 0 Å². The fourth-order valence-electron chi connectivity index (χ4n) is 3.53.